The third-order valence-electron chi connectivity index (χ3n) is 3.25. The van der Waals surface area contributed by atoms with Gasteiger partial charge in [-0.1, -0.05) is 13.8 Å². The summed E-state index contributed by atoms with van der Waals surface area (Å²) in [5, 5.41) is 7.77. The van der Waals surface area contributed by atoms with E-state index in [-0.39, 0.29) is 17.7 Å². The van der Waals surface area contributed by atoms with Gasteiger partial charge in [-0.05, 0) is 30.2 Å². The maximum absolute atomic E-state index is 12.3. The highest BCUT2D eigenvalue weighted by molar-refractivity contribution is 7.13. The number of nitrogens with zero attached hydrogens (tertiary/aromatic N) is 1. The van der Waals surface area contributed by atoms with Crippen molar-refractivity contribution in [2.75, 3.05) is 12.4 Å². The summed E-state index contributed by atoms with van der Waals surface area (Å²) in [5.74, 6) is 0.0260. The highest BCUT2D eigenvalue weighted by Crippen LogP contribution is 2.14. The van der Waals surface area contributed by atoms with Gasteiger partial charge >= 0.3 is 0 Å². The lowest BCUT2D eigenvalue weighted by molar-refractivity contribution is -0.118. The Hall–Kier alpha value is -2.41. The molecule has 2 amide bonds. The van der Waals surface area contributed by atoms with Crippen LogP contribution in [-0.2, 0) is 4.79 Å². The molecule has 0 aliphatic rings. The van der Waals surface area contributed by atoms with Crippen LogP contribution in [0.4, 0.5) is 5.13 Å². The summed E-state index contributed by atoms with van der Waals surface area (Å²) in [6.45, 7) is 3.75. The quantitative estimate of drug-likeness (QED) is 0.851. The van der Waals surface area contributed by atoms with E-state index in [9.17, 15) is 9.59 Å². The van der Waals surface area contributed by atoms with Gasteiger partial charge in [-0.3, -0.25) is 9.59 Å². The van der Waals surface area contributed by atoms with Crippen molar-refractivity contribution < 1.29 is 14.3 Å². The molecule has 1 atom stereocenters. The van der Waals surface area contributed by atoms with Gasteiger partial charge in [0, 0.05) is 17.1 Å². The van der Waals surface area contributed by atoms with Crippen molar-refractivity contribution in [3.8, 4) is 5.75 Å². The number of carbonyl (C=O) groups excluding carboxylic acids is 2. The van der Waals surface area contributed by atoms with Crippen LogP contribution >= 0.6 is 11.3 Å². The van der Waals surface area contributed by atoms with Crippen LogP contribution in [0.1, 0.15) is 24.2 Å². The number of ether oxygens (including phenoxy) is 1. The van der Waals surface area contributed by atoms with Crippen molar-refractivity contribution in [3.05, 3.63) is 41.4 Å². The van der Waals surface area contributed by atoms with E-state index in [1.54, 1.807) is 43.0 Å². The number of carbonyl (C=O) groups is 2. The zero-order chi connectivity index (χ0) is 16.8. The molecule has 0 aliphatic heterocycles. The Labute approximate surface area is 138 Å². The second-order valence-electron chi connectivity index (χ2n) is 5.25. The van der Waals surface area contributed by atoms with Crippen LogP contribution in [0.5, 0.6) is 5.75 Å². The average molecular weight is 333 g/mol. The summed E-state index contributed by atoms with van der Waals surface area (Å²) in [5.41, 5.74) is 0.471. The van der Waals surface area contributed by atoms with E-state index >= 15 is 0 Å². The molecule has 0 unspecified atom stereocenters. The van der Waals surface area contributed by atoms with Crippen LogP contribution in [-0.4, -0.2) is 29.9 Å². The van der Waals surface area contributed by atoms with E-state index < -0.39 is 6.04 Å². The molecule has 0 bridgehead atoms. The molecule has 2 N–H and O–H groups in total. The molecule has 0 fully saturated rings. The predicted octanol–water partition coefficient (Wildman–Crippen LogP) is 2.54. The summed E-state index contributed by atoms with van der Waals surface area (Å²) in [7, 11) is 1.56. The van der Waals surface area contributed by atoms with Crippen LogP contribution in [0.25, 0.3) is 0 Å². The molecule has 1 aromatic carbocycles. The Bertz CT molecular complexity index is 654. The monoisotopic (exact) mass is 333 g/mol. The Morgan fingerprint density at radius 3 is 2.43 bits per heavy atom. The second-order valence-corrected chi connectivity index (χ2v) is 6.14. The lowest BCUT2D eigenvalue weighted by Gasteiger charge is -2.21. The molecule has 1 aromatic heterocycles. The molecule has 0 spiro atoms. The molecule has 2 aromatic rings. The van der Waals surface area contributed by atoms with E-state index in [4.69, 9.17) is 4.74 Å². The van der Waals surface area contributed by atoms with Crippen molar-refractivity contribution in [2.45, 2.75) is 19.9 Å². The normalized spacial score (nSPS) is 11.8. The number of rotatable bonds is 6. The Morgan fingerprint density at radius 2 is 1.91 bits per heavy atom. The fraction of sp³-hybridized carbons (Fsp3) is 0.312. The fourth-order valence-corrected chi connectivity index (χ4v) is 2.50. The highest BCUT2D eigenvalue weighted by Gasteiger charge is 2.25. The van der Waals surface area contributed by atoms with Gasteiger partial charge in [0.05, 0.1) is 7.11 Å². The smallest absolute Gasteiger partial charge is 0.251 e. The SMILES string of the molecule is COc1ccc(C(=O)N[C@@H](C(=O)Nc2nccs2)C(C)C)cc1. The molecular formula is C16H19N3O3S. The van der Waals surface area contributed by atoms with Gasteiger partial charge in [-0.25, -0.2) is 4.98 Å². The number of anilines is 1. The number of hydrogen-bond donors (Lipinski definition) is 2. The third-order valence-corrected chi connectivity index (χ3v) is 3.94. The number of methoxy groups -OCH3 is 1. The number of aromatic nitrogens is 1. The van der Waals surface area contributed by atoms with E-state index in [1.165, 1.54) is 11.3 Å². The van der Waals surface area contributed by atoms with E-state index in [0.717, 1.165) is 0 Å². The molecule has 23 heavy (non-hydrogen) atoms. The number of amides is 2. The molecular weight excluding hydrogens is 314 g/mol. The fourth-order valence-electron chi connectivity index (χ4n) is 1.97. The van der Waals surface area contributed by atoms with Gasteiger partial charge in [-0.15, -0.1) is 11.3 Å². The minimum atomic E-state index is -0.645. The van der Waals surface area contributed by atoms with Gasteiger partial charge in [-0.2, -0.15) is 0 Å². The van der Waals surface area contributed by atoms with Gasteiger partial charge in [0.15, 0.2) is 5.13 Å². The van der Waals surface area contributed by atoms with Crippen LogP contribution in [0.2, 0.25) is 0 Å². The summed E-state index contributed by atoms with van der Waals surface area (Å²) < 4.78 is 5.06. The van der Waals surface area contributed by atoms with Crippen LogP contribution in [0, 0.1) is 5.92 Å². The first-order chi connectivity index (χ1) is 11.0. The minimum Gasteiger partial charge on any atom is -0.497 e. The second kappa shape index (κ2) is 7.73. The number of nitrogens with one attached hydrogen (secondary N) is 2. The van der Waals surface area contributed by atoms with Crippen molar-refractivity contribution in [3.63, 3.8) is 0 Å². The Kier molecular flexibility index (Phi) is 5.70. The van der Waals surface area contributed by atoms with E-state index in [0.29, 0.717) is 16.4 Å². The summed E-state index contributed by atoms with van der Waals surface area (Å²) >= 11 is 1.33. The molecule has 0 saturated heterocycles. The van der Waals surface area contributed by atoms with Crippen LogP contribution in [0.15, 0.2) is 35.8 Å². The molecule has 2 rings (SSSR count). The maximum Gasteiger partial charge on any atom is 0.251 e. The highest BCUT2D eigenvalue weighted by atomic mass is 32.1. The largest absolute Gasteiger partial charge is 0.497 e. The van der Waals surface area contributed by atoms with Gasteiger partial charge in [0.2, 0.25) is 5.91 Å². The molecule has 7 heteroatoms. The van der Waals surface area contributed by atoms with Crippen molar-refractivity contribution in [2.24, 2.45) is 5.92 Å². The lowest BCUT2D eigenvalue weighted by atomic mass is 10.0. The molecule has 0 saturated carbocycles. The Balaban J connectivity index is 2.05. The Morgan fingerprint density at radius 1 is 1.22 bits per heavy atom. The molecule has 1 heterocycles. The first kappa shape index (κ1) is 17.0. The first-order valence-corrected chi connectivity index (χ1v) is 8.04. The first-order valence-electron chi connectivity index (χ1n) is 7.16. The van der Waals surface area contributed by atoms with Crippen LogP contribution < -0.4 is 15.4 Å². The number of hydrogen-bond acceptors (Lipinski definition) is 5. The van der Waals surface area contributed by atoms with Gasteiger partial charge in [0.25, 0.3) is 5.91 Å². The molecule has 6 nitrogen and oxygen atoms in total. The van der Waals surface area contributed by atoms with Crippen molar-refractivity contribution in [1.82, 2.24) is 10.3 Å². The summed E-state index contributed by atoms with van der Waals surface area (Å²) in [6, 6.07) is 6.08. The number of benzene rings is 1. The van der Waals surface area contributed by atoms with Crippen molar-refractivity contribution >= 4 is 28.3 Å². The van der Waals surface area contributed by atoms with E-state index in [2.05, 4.69) is 15.6 Å². The zero-order valence-electron chi connectivity index (χ0n) is 13.2. The van der Waals surface area contributed by atoms with Crippen molar-refractivity contribution in [1.29, 1.82) is 0 Å². The summed E-state index contributed by atoms with van der Waals surface area (Å²) in [6.07, 6.45) is 1.61. The predicted molar refractivity (Wildman–Crippen MR) is 89.8 cm³/mol. The zero-order valence-corrected chi connectivity index (χ0v) is 14.0. The van der Waals surface area contributed by atoms with E-state index in [1.807, 2.05) is 13.8 Å². The third kappa shape index (κ3) is 4.53. The average Bonchev–Trinajstić information content (AvgIpc) is 3.04. The molecule has 0 radical (unpaired) electrons. The van der Waals surface area contributed by atoms with Gasteiger partial charge in [0.1, 0.15) is 11.8 Å². The van der Waals surface area contributed by atoms with Gasteiger partial charge < -0.3 is 15.4 Å². The summed E-state index contributed by atoms with van der Waals surface area (Å²) in [4.78, 5) is 28.7. The van der Waals surface area contributed by atoms with Crippen LogP contribution in [0.3, 0.4) is 0 Å². The lowest BCUT2D eigenvalue weighted by Crippen LogP contribution is -2.47. The standard InChI is InChI=1S/C16H19N3O3S/c1-10(2)13(15(21)19-16-17-8-9-23-16)18-14(20)11-4-6-12(22-3)7-5-11/h4-10,13H,1-3H3,(H,18,20)(H,17,19,21)/t13-/m1/s1. The molecule has 0 aliphatic carbocycles. The minimum absolute atomic E-state index is 0.0582. The number of thiazole rings is 1. The molecule has 122 valence electrons. The topological polar surface area (TPSA) is 80.3 Å². The maximum atomic E-state index is 12.3.